The highest BCUT2D eigenvalue weighted by molar-refractivity contribution is 7.91. The van der Waals surface area contributed by atoms with Gasteiger partial charge in [0.25, 0.3) is 0 Å². The molecule has 0 unspecified atom stereocenters. The Morgan fingerprint density at radius 3 is 1.27 bits per heavy atom. The van der Waals surface area contributed by atoms with Gasteiger partial charge in [-0.05, 0) is 115 Å². The van der Waals surface area contributed by atoms with Crippen LogP contribution in [0.4, 0.5) is 0 Å². The highest BCUT2D eigenvalue weighted by Crippen LogP contribution is 2.37. The molecule has 0 amide bonds. The Kier molecular flexibility index (Phi) is 9.99. The zero-order chi connectivity index (χ0) is 32.2. The quantitative estimate of drug-likeness (QED) is 0.151. The van der Waals surface area contributed by atoms with Crippen LogP contribution in [0.5, 0.6) is 17.2 Å². The van der Waals surface area contributed by atoms with Gasteiger partial charge in [0.1, 0.15) is 22.8 Å². The van der Waals surface area contributed by atoms with Gasteiger partial charge in [0, 0.05) is 5.41 Å². The summed E-state index contributed by atoms with van der Waals surface area (Å²) in [7, 11) is -3.67. The molecule has 0 aliphatic carbocycles. The summed E-state index contributed by atoms with van der Waals surface area (Å²) in [5, 5.41) is 0. The van der Waals surface area contributed by atoms with Gasteiger partial charge >= 0.3 is 0 Å². The topological polar surface area (TPSA) is 52.6 Å². The minimum atomic E-state index is -3.67. The molecule has 234 valence electrons. The summed E-state index contributed by atoms with van der Waals surface area (Å²) >= 11 is 0. The molecule has 0 aliphatic rings. The van der Waals surface area contributed by atoms with Gasteiger partial charge in [-0.25, -0.2) is 8.42 Å². The first kappa shape index (κ1) is 33.3. The van der Waals surface area contributed by atoms with Crippen molar-refractivity contribution < 1.29 is 17.9 Å². The summed E-state index contributed by atoms with van der Waals surface area (Å²) in [6.07, 6.45) is 3.97. The normalized spacial score (nSPS) is 12.6. The SMILES string of the molecule is CCC(C)(CC)Oc1ccc(S(=O)(=O)c2ccc(Oc3ccc(C(C)(C)c4ccc(C(C)(CC)CC)cc4)cc3)cc2)cc1. The van der Waals surface area contributed by atoms with E-state index in [-0.39, 0.29) is 26.2 Å². The zero-order valence-corrected chi connectivity index (χ0v) is 28.4. The predicted molar refractivity (Wildman–Crippen MR) is 181 cm³/mol. The van der Waals surface area contributed by atoms with E-state index in [4.69, 9.17) is 9.47 Å². The van der Waals surface area contributed by atoms with Gasteiger partial charge in [-0.2, -0.15) is 0 Å². The molecule has 0 aromatic heterocycles. The van der Waals surface area contributed by atoms with Crippen LogP contribution < -0.4 is 9.47 Å². The number of ether oxygens (including phenoxy) is 2. The van der Waals surface area contributed by atoms with E-state index in [1.165, 1.54) is 16.7 Å². The molecule has 4 aromatic rings. The van der Waals surface area contributed by atoms with Crippen LogP contribution in [0, 0.1) is 0 Å². The summed E-state index contributed by atoms with van der Waals surface area (Å²) in [4.78, 5) is 0.442. The van der Waals surface area contributed by atoms with Crippen molar-refractivity contribution >= 4 is 9.84 Å². The number of hydrogen-bond acceptors (Lipinski definition) is 4. The van der Waals surface area contributed by atoms with Crippen LogP contribution >= 0.6 is 0 Å². The molecule has 0 radical (unpaired) electrons. The van der Waals surface area contributed by atoms with Gasteiger partial charge in [-0.1, -0.05) is 84.9 Å². The second kappa shape index (κ2) is 13.2. The van der Waals surface area contributed by atoms with E-state index >= 15 is 0 Å². The molecule has 0 heterocycles. The summed E-state index contributed by atoms with van der Waals surface area (Å²) in [6.45, 7) is 17.6. The Balaban J connectivity index is 1.44. The van der Waals surface area contributed by atoms with Crippen LogP contribution in [0.2, 0.25) is 0 Å². The van der Waals surface area contributed by atoms with E-state index in [1.807, 2.05) is 12.1 Å². The predicted octanol–water partition coefficient (Wildman–Crippen LogP) is 10.7. The average molecular weight is 613 g/mol. The molecule has 4 nitrogen and oxygen atoms in total. The maximum Gasteiger partial charge on any atom is 0.206 e. The standard InChI is InChI=1S/C39H48O4S/c1-9-38(7,10-2)31-15-13-29(14-16-31)37(5,6)30-17-19-32(20-18-30)42-33-21-25-35(26-22-33)44(40,41)36-27-23-34(24-28-36)43-39(8,11-3)12-4/h13-28H,9-12H2,1-8H3. The largest absolute Gasteiger partial charge is 0.488 e. The second-order valence-corrected chi connectivity index (χ2v) is 14.8. The third kappa shape index (κ3) is 7.04. The van der Waals surface area contributed by atoms with E-state index in [0.29, 0.717) is 17.2 Å². The molecule has 4 rings (SSSR count). The lowest BCUT2D eigenvalue weighted by Gasteiger charge is -2.30. The molecule has 0 fully saturated rings. The smallest absolute Gasteiger partial charge is 0.206 e. The van der Waals surface area contributed by atoms with E-state index in [2.05, 4.69) is 91.8 Å². The molecule has 0 bridgehead atoms. The Hall–Kier alpha value is -3.57. The zero-order valence-electron chi connectivity index (χ0n) is 27.6. The van der Waals surface area contributed by atoms with Crippen LogP contribution in [0.1, 0.15) is 97.8 Å². The maximum absolute atomic E-state index is 13.3. The van der Waals surface area contributed by atoms with Crippen LogP contribution in [-0.4, -0.2) is 14.0 Å². The van der Waals surface area contributed by atoms with Crippen molar-refractivity contribution in [2.75, 3.05) is 0 Å². The van der Waals surface area contributed by atoms with Crippen molar-refractivity contribution in [2.24, 2.45) is 0 Å². The van der Waals surface area contributed by atoms with Gasteiger partial charge in [0.2, 0.25) is 9.84 Å². The van der Waals surface area contributed by atoms with Crippen LogP contribution in [0.3, 0.4) is 0 Å². The summed E-state index contributed by atoms with van der Waals surface area (Å²) in [5.41, 5.74) is 3.61. The minimum absolute atomic E-state index is 0.169. The first-order chi connectivity index (χ1) is 20.8. The van der Waals surface area contributed by atoms with Crippen molar-refractivity contribution in [3.63, 3.8) is 0 Å². The fraction of sp³-hybridized carbons (Fsp3) is 0.385. The summed E-state index contributed by atoms with van der Waals surface area (Å²) in [6, 6.07) is 30.4. The van der Waals surface area contributed by atoms with Crippen molar-refractivity contribution in [1.29, 1.82) is 0 Å². The van der Waals surface area contributed by atoms with Gasteiger partial charge in [0.15, 0.2) is 0 Å². The molecular weight excluding hydrogens is 564 g/mol. The number of rotatable bonds is 13. The molecule has 0 saturated heterocycles. The number of sulfone groups is 1. The monoisotopic (exact) mass is 612 g/mol. The highest BCUT2D eigenvalue weighted by Gasteiger charge is 2.26. The second-order valence-electron chi connectivity index (χ2n) is 12.8. The van der Waals surface area contributed by atoms with Gasteiger partial charge < -0.3 is 9.47 Å². The van der Waals surface area contributed by atoms with Crippen LogP contribution in [-0.2, 0) is 20.7 Å². The molecular formula is C39H48O4S. The molecule has 0 atom stereocenters. The lowest BCUT2D eigenvalue weighted by Crippen LogP contribution is -2.30. The Labute approximate surface area is 265 Å². The van der Waals surface area contributed by atoms with Gasteiger partial charge in [-0.3, -0.25) is 0 Å². The summed E-state index contributed by atoms with van der Waals surface area (Å²) in [5.74, 6) is 1.93. The van der Waals surface area contributed by atoms with E-state index in [0.717, 1.165) is 25.7 Å². The van der Waals surface area contributed by atoms with Crippen molar-refractivity contribution in [1.82, 2.24) is 0 Å². The fourth-order valence-electron chi connectivity index (χ4n) is 5.38. The molecule has 0 spiro atoms. The van der Waals surface area contributed by atoms with E-state index in [9.17, 15) is 8.42 Å². The van der Waals surface area contributed by atoms with E-state index < -0.39 is 9.84 Å². The lowest BCUT2D eigenvalue weighted by atomic mass is 9.74. The lowest BCUT2D eigenvalue weighted by molar-refractivity contribution is 0.0802. The third-order valence-electron chi connectivity index (χ3n) is 9.80. The number of benzene rings is 4. The third-order valence-corrected chi connectivity index (χ3v) is 11.6. The molecule has 4 aromatic carbocycles. The molecule has 0 saturated carbocycles. The fourth-order valence-corrected chi connectivity index (χ4v) is 6.64. The van der Waals surface area contributed by atoms with Crippen LogP contribution in [0.15, 0.2) is 107 Å². The Bertz CT molecular complexity index is 1610. The maximum atomic E-state index is 13.3. The van der Waals surface area contributed by atoms with Crippen LogP contribution in [0.25, 0.3) is 0 Å². The van der Waals surface area contributed by atoms with Crippen molar-refractivity contribution in [2.45, 2.75) is 107 Å². The molecule has 0 aliphatic heterocycles. The van der Waals surface area contributed by atoms with Gasteiger partial charge in [-0.15, -0.1) is 0 Å². The number of hydrogen-bond donors (Lipinski definition) is 0. The summed E-state index contributed by atoms with van der Waals surface area (Å²) < 4.78 is 38.7. The average Bonchev–Trinajstić information content (AvgIpc) is 3.05. The van der Waals surface area contributed by atoms with Gasteiger partial charge in [0.05, 0.1) is 9.79 Å². The minimum Gasteiger partial charge on any atom is -0.488 e. The van der Waals surface area contributed by atoms with Crippen molar-refractivity contribution in [3.8, 4) is 17.2 Å². The molecule has 5 heteroatoms. The molecule has 44 heavy (non-hydrogen) atoms. The van der Waals surface area contributed by atoms with E-state index in [1.54, 1.807) is 48.5 Å². The Morgan fingerprint density at radius 1 is 0.500 bits per heavy atom. The van der Waals surface area contributed by atoms with Crippen molar-refractivity contribution in [3.05, 3.63) is 114 Å². The first-order valence-electron chi connectivity index (χ1n) is 15.8. The first-order valence-corrected chi connectivity index (χ1v) is 17.3. The highest BCUT2D eigenvalue weighted by atomic mass is 32.2. The molecule has 0 N–H and O–H groups in total. The Morgan fingerprint density at radius 2 is 0.864 bits per heavy atom.